The number of fused-ring (bicyclic) bond motifs is 1. The molecule has 1 N–H and O–H groups in total. The Morgan fingerprint density at radius 1 is 1.13 bits per heavy atom. The van der Waals surface area contributed by atoms with Crippen LogP contribution in [-0.4, -0.2) is 64.7 Å². The predicted molar refractivity (Wildman–Crippen MR) is 135 cm³/mol. The Labute approximate surface area is 218 Å². The second kappa shape index (κ2) is 9.77. The van der Waals surface area contributed by atoms with Gasteiger partial charge in [-0.15, -0.1) is 0 Å². The largest absolute Gasteiger partial charge is 0.496 e. The molecule has 2 fully saturated rings. The van der Waals surface area contributed by atoms with Crippen LogP contribution in [0.5, 0.6) is 11.5 Å². The molecule has 3 aromatic rings. The minimum atomic E-state index is -3.12. The molecule has 38 heavy (non-hydrogen) atoms. The van der Waals surface area contributed by atoms with E-state index >= 15 is 0 Å². The first-order valence-electron chi connectivity index (χ1n) is 12.5. The van der Waals surface area contributed by atoms with Crippen molar-refractivity contribution < 1.29 is 32.6 Å². The van der Waals surface area contributed by atoms with E-state index in [-0.39, 0.29) is 35.1 Å². The fourth-order valence-electron chi connectivity index (χ4n) is 4.43. The third-order valence-corrected chi connectivity index (χ3v) is 6.48. The van der Waals surface area contributed by atoms with Gasteiger partial charge in [-0.05, 0) is 63.4 Å². The lowest BCUT2D eigenvalue weighted by atomic mass is 9.92. The number of nitrogens with zero attached hydrogens (tertiary/aromatic N) is 3. The van der Waals surface area contributed by atoms with Crippen molar-refractivity contribution in [1.82, 2.24) is 19.6 Å². The van der Waals surface area contributed by atoms with Crippen LogP contribution in [0.25, 0.3) is 16.9 Å². The Bertz CT molecular complexity index is 1370. The number of imidazole rings is 1. The standard InChI is InChI=1S/C27H30F2N4O5/c1-27(2,3)38-26(35)32-13-17(14-32)15-7-8-33-19(12-30-22(33)11-15)16-9-20(36-4)23(21(10-16)37-25(28)29)24(34)31-18-5-6-18/h7-12,17-18,25H,5-6,13-14H2,1-4H3,(H,31,34). The summed E-state index contributed by atoms with van der Waals surface area (Å²) >= 11 is 0. The van der Waals surface area contributed by atoms with Crippen molar-refractivity contribution in [3.8, 4) is 22.8 Å². The average molecular weight is 529 g/mol. The normalized spacial score (nSPS) is 15.9. The lowest BCUT2D eigenvalue weighted by Gasteiger charge is -2.40. The topological polar surface area (TPSA) is 94.4 Å². The third kappa shape index (κ3) is 5.36. The van der Waals surface area contributed by atoms with Crippen LogP contribution >= 0.6 is 0 Å². The van der Waals surface area contributed by atoms with E-state index in [4.69, 9.17) is 14.2 Å². The molecule has 1 aliphatic heterocycles. The molecule has 1 aromatic carbocycles. The smallest absolute Gasteiger partial charge is 0.410 e. The maximum absolute atomic E-state index is 13.3. The molecule has 0 bridgehead atoms. The number of carbonyl (C=O) groups is 2. The van der Waals surface area contributed by atoms with Gasteiger partial charge in [0.15, 0.2) is 0 Å². The third-order valence-electron chi connectivity index (χ3n) is 6.48. The average Bonchev–Trinajstić information content (AvgIpc) is 3.51. The summed E-state index contributed by atoms with van der Waals surface area (Å²) in [6, 6.07) is 6.93. The van der Waals surface area contributed by atoms with Gasteiger partial charge in [-0.2, -0.15) is 8.78 Å². The van der Waals surface area contributed by atoms with Crippen molar-refractivity contribution in [2.75, 3.05) is 20.2 Å². The number of amides is 2. The van der Waals surface area contributed by atoms with Crippen molar-refractivity contribution >= 4 is 17.6 Å². The molecule has 0 radical (unpaired) electrons. The molecule has 5 rings (SSSR count). The number of carbonyl (C=O) groups excluding carboxylic acids is 2. The number of halogens is 2. The molecule has 2 aliphatic rings. The first-order valence-corrected chi connectivity index (χ1v) is 12.5. The summed E-state index contributed by atoms with van der Waals surface area (Å²) in [6.07, 6.45) is 4.83. The summed E-state index contributed by atoms with van der Waals surface area (Å²) in [6.45, 7) is 3.49. The predicted octanol–water partition coefficient (Wildman–Crippen LogP) is 4.84. The van der Waals surface area contributed by atoms with Crippen LogP contribution in [0.1, 0.15) is 55.5 Å². The van der Waals surface area contributed by atoms with Crippen LogP contribution in [-0.2, 0) is 4.74 Å². The van der Waals surface area contributed by atoms with E-state index in [9.17, 15) is 18.4 Å². The van der Waals surface area contributed by atoms with Crippen molar-refractivity contribution in [3.63, 3.8) is 0 Å². The minimum absolute atomic E-state index is 0.0335. The number of ether oxygens (including phenoxy) is 3. The molecular formula is C27H30F2N4O5. The van der Waals surface area contributed by atoms with Crippen LogP contribution in [0.2, 0.25) is 0 Å². The van der Waals surface area contributed by atoms with Crippen LogP contribution in [0, 0.1) is 0 Å². The van der Waals surface area contributed by atoms with E-state index in [0.29, 0.717) is 30.0 Å². The van der Waals surface area contributed by atoms with Gasteiger partial charge in [-0.3, -0.25) is 9.20 Å². The van der Waals surface area contributed by atoms with Gasteiger partial charge >= 0.3 is 12.7 Å². The molecule has 2 aromatic heterocycles. The molecule has 0 atom stereocenters. The number of rotatable bonds is 7. The first-order chi connectivity index (χ1) is 18.0. The molecule has 1 aliphatic carbocycles. The summed E-state index contributed by atoms with van der Waals surface area (Å²) in [5, 5.41) is 2.80. The van der Waals surface area contributed by atoms with E-state index in [0.717, 1.165) is 18.4 Å². The quantitative estimate of drug-likeness (QED) is 0.472. The van der Waals surface area contributed by atoms with Crippen LogP contribution < -0.4 is 14.8 Å². The van der Waals surface area contributed by atoms with Gasteiger partial charge in [0.1, 0.15) is 28.3 Å². The lowest BCUT2D eigenvalue weighted by Crippen LogP contribution is -2.50. The Kier molecular flexibility index (Phi) is 6.62. The highest BCUT2D eigenvalue weighted by Crippen LogP contribution is 2.37. The molecule has 202 valence electrons. The van der Waals surface area contributed by atoms with Crippen LogP contribution in [0.15, 0.2) is 36.7 Å². The molecule has 1 saturated carbocycles. The maximum Gasteiger partial charge on any atom is 0.410 e. The Morgan fingerprint density at radius 3 is 2.47 bits per heavy atom. The second-order valence-electron chi connectivity index (χ2n) is 10.6. The van der Waals surface area contributed by atoms with Crippen LogP contribution in [0.4, 0.5) is 13.6 Å². The van der Waals surface area contributed by atoms with Crippen molar-refractivity contribution in [2.24, 2.45) is 0 Å². The van der Waals surface area contributed by atoms with Gasteiger partial charge in [0.2, 0.25) is 0 Å². The van der Waals surface area contributed by atoms with E-state index < -0.39 is 18.1 Å². The Hall–Kier alpha value is -3.89. The SMILES string of the molecule is COc1cc(-c2cnc3cc(C4CN(C(=O)OC(C)(C)C)C4)ccn23)cc(OC(F)F)c1C(=O)NC1CC1. The number of hydrogen-bond acceptors (Lipinski definition) is 6. The highest BCUT2D eigenvalue weighted by atomic mass is 19.3. The Morgan fingerprint density at radius 2 is 1.84 bits per heavy atom. The van der Waals surface area contributed by atoms with Crippen molar-refractivity contribution in [2.45, 2.75) is 57.8 Å². The van der Waals surface area contributed by atoms with Gasteiger partial charge in [-0.1, -0.05) is 0 Å². The van der Waals surface area contributed by atoms with E-state index in [1.165, 1.54) is 13.2 Å². The highest BCUT2D eigenvalue weighted by Gasteiger charge is 2.35. The van der Waals surface area contributed by atoms with E-state index in [2.05, 4.69) is 10.3 Å². The number of nitrogens with one attached hydrogen (secondary N) is 1. The maximum atomic E-state index is 13.3. The molecular weight excluding hydrogens is 498 g/mol. The van der Waals surface area contributed by atoms with Gasteiger partial charge in [0, 0.05) is 36.8 Å². The first kappa shape index (κ1) is 25.7. The highest BCUT2D eigenvalue weighted by molar-refractivity contribution is 6.01. The number of alkyl halides is 2. The number of likely N-dealkylation sites (tertiary alicyclic amines) is 1. The lowest BCUT2D eigenvalue weighted by molar-refractivity contribution is -0.0502. The number of methoxy groups -OCH3 is 1. The molecule has 0 unspecified atom stereocenters. The summed E-state index contributed by atoms with van der Waals surface area (Å²) in [4.78, 5) is 31.2. The molecule has 2 amide bonds. The zero-order chi connectivity index (χ0) is 27.2. The molecule has 9 nitrogen and oxygen atoms in total. The van der Waals surface area contributed by atoms with E-state index in [1.807, 2.05) is 43.5 Å². The van der Waals surface area contributed by atoms with Gasteiger partial charge in [0.25, 0.3) is 5.91 Å². The molecule has 3 heterocycles. The summed E-state index contributed by atoms with van der Waals surface area (Å²) < 4.78 is 44.0. The second-order valence-corrected chi connectivity index (χ2v) is 10.6. The van der Waals surface area contributed by atoms with Crippen molar-refractivity contribution in [1.29, 1.82) is 0 Å². The zero-order valence-corrected chi connectivity index (χ0v) is 21.7. The number of benzene rings is 1. The fraction of sp³-hybridized carbons (Fsp3) is 0.444. The minimum Gasteiger partial charge on any atom is -0.496 e. The fourth-order valence-corrected chi connectivity index (χ4v) is 4.43. The summed E-state index contributed by atoms with van der Waals surface area (Å²) in [5.74, 6) is -0.506. The summed E-state index contributed by atoms with van der Waals surface area (Å²) in [7, 11) is 1.37. The number of hydrogen-bond donors (Lipinski definition) is 1. The monoisotopic (exact) mass is 528 g/mol. The zero-order valence-electron chi connectivity index (χ0n) is 21.7. The molecule has 0 spiro atoms. The van der Waals surface area contributed by atoms with Gasteiger partial charge < -0.3 is 24.4 Å². The summed E-state index contributed by atoms with van der Waals surface area (Å²) in [5.41, 5.74) is 2.18. The van der Waals surface area contributed by atoms with E-state index in [1.54, 1.807) is 17.2 Å². The Balaban J connectivity index is 1.41. The molecule has 1 saturated heterocycles. The number of aromatic nitrogens is 2. The van der Waals surface area contributed by atoms with Gasteiger partial charge in [0.05, 0.1) is 19.0 Å². The molecule has 11 heteroatoms. The van der Waals surface area contributed by atoms with Crippen molar-refractivity contribution in [3.05, 3.63) is 47.8 Å². The van der Waals surface area contributed by atoms with Gasteiger partial charge in [-0.25, -0.2) is 9.78 Å². The number of pyridine rings is 1. The van der Waals surface area contributed by atoms with Crippen LogP contribution in [0.3, 0.4) is 0 Å².